The molecule has 3 fully saturated rings. The summed E-state index contributed by atoms with van der Waals surface area (Å²) in [6.45, 7) is 3.46. The van der Waals surface area contributed by atoms with Crippen LogP contribution in [0.4, 0.5) is 0 Å². The highest BCUT2D eigenvalue weighted by molar-refractivity contribution is 6.11. The molecule has 0 amide bonds. The Morgan fingerprint density at radius 2 is 2.04 bits per heavy atom. The number of allylic oxidation sites excluding steroid dienone is 4. The Bertz CT molecular complexity index is 825. The van der Waals surface area contributed by atoms with E-state index in [2.05, 4.69) is 6.92 Å². The van der Waals surface area contributed by atoms with Crippen LogP contribution in [-0.2, 0) is 9.59 Å². The Kier molecular flexibility index (Phi) is 3.42. The molecule has 5 nitrogen and oxygen atoms in total. The minimum absolute atomic E-state index is 0.0303. The highest BCUT2D eigenvalue weighted by Crippen LogP contribution is 2.70. The number of hydrogen-bond donors (Lipinski definition) is 3. The van der Waals surface area contributed by atoms with Gasteiger partial charge >= 0.3 is 0 Å². The summed E-state index contributed by atoms with van der Waals surface area (Å²) in [5.41, 5.74) is 0.780. The zero-order valence-electron chi connectivity index (χ0n) is 16.0. The van der Waals surface area contributed by atoms with Crippen molar-refractivity contribution in [2.45, 2.75) is 64.1 Å². The Morgan fingerprint density at radius 1 is 1.30 bits per heavy atom. The van der Waals surface area contributed by atoms with Gasteiger partial charge in [0.2, 0.25) is 0 Å². The number of hydrogen-bond acceptors (Lipinski definition) is 5. The van der Waals surface area contributed by atoms with Crippen LogP contribution in [-0.4, -0.2) is 45.2 Å². The Labute approximate surface area is 159 Å². The number of fused-ring (bicyclic) bond motifs is 6. The SMILES string of the molecule is C[C@@]12C(=CC(=O)C3=C1C3)CC[C@@H]1[C@@H]2C(O)C[C@@]2(C)[C@H]1CC[C@]2(O)C(=O)CO. The summed E-state index contributed by atoms with van der Waals surface area (Å²) < 4.78 is 0. The lowest BCUT2D eigenvalue weighted by Gasteiger charge is -2.59. The van der Waals surface area contributed by atoms with E-state index in [0.717, 1.165) is 36.8 Å². The van der Waals surface area contributed by atoms with Crippen LogP contribution in [0, 0.1) is 28.6 Å². The fourth-order valence-corrected chi connectivity index (χ4v) is 7.69. The number of aliphatic hydroxyl groups is 3. The number of ketones is 2. The van der Waals surface area contributed by atoms with Crippen LogP contribution in [0.5, 0.6) is 0 Å². The van der Waals surface area contributed by atoms with Crippen LogP contribution in [0.1, 0.15) is 52.4 Å². The van der Waals surface area contributed by atoms with Crippen molar-refractivity contribution in [3.63, 3.8) is 0 Å². The van der Waals surface area contributed by atoms with Crippen LogP contribution in [0.2, 0.25) is 0 Å². The number of carbonyl (C=O) groups is 2. The van der Waals surface area contributed by atoms with Gasteiger partial charge in [-0.2, -0.15) is 0 Å². The lowest BCUT2D eigenvalue weighted by molar-refractivity contribution is -0.178. The van der Waals surface area contributed by atoms with Gasteiger partial charge in [-0.05, 0) is 62.0 Å². The third kappa shape index (κ3) is 1.91. The third-order valence-electron chi connectivity index (χ3n) is 9.11. The summed E-state index contributed by atoms with van der Waals surface area (Å²) in [6, 6.07) is 0. The Balaban J connectivity index is 1.57. The molecule has 0 radical (unpaired) electrons. The molecular formula is C22H28O5. The third-order valence-corrected chi connectivity index (χ3v) is 9.11. The van der Waals surface area contributed by atoms with Gasteiger partial charge in [0.1, 0.15) is 12.2 Å². The summed E-state index contributed by atoms with van der Waals surface area (Å²) in [6.07, 6.45) is 5.11. The van der Waals surface area contributed by atoms with Gasteiger partial charge in [0.15, 0.2) is 11.6 Å². The maximum absolute atomic E-state index is 12.4. The predicted octanol–water partition coefficient (Wildman–Crippen LogP) is 1.70. The number of Topliss-reactive ketones (excluding diaryl/α,β-unsaturated/α-hetero) is 1. The second kappa shape index (κ2) is 5.19. The van der Waals surface area contributed by atoms with Gasteiger partial charge in [0.25, 0.3) is 0 Å². The molecule has 0 bridgehead atoms. The van der Waals surface area contributed by atoms with Crippen molar-refractivity contribution in [2.24, 2.45) is 28.6 Å². The smallest absolute Gasteiger partial charge is 0.190 e. The summed E-state index contributed by atoms with van der Waals surface area (Å²) >= 11 is 0. The topological polar surface area (TPSA) is 94.8 Å². The fourth-order valence-electron chi connectivity index (χ4n) is 7.69. The molecule has 146 valence electrons. The normalized spacial score (nSPS) is 50.4. The monoisotopic (exact) mass is 372 g/mol. The average Bonchev–Trinajstić information content (AvgIpc) is 3.39. The van der Waals surface area contributed by atoms with Gasteiger partial charge in [0, 0.05) is 22.3 Å². The molecule has 0 saturated heterocycles. The molecule has 5 rings (SSSR count). The van der Waals surface area contributed by atoms with E-state index in [0.29, 0.717) is 12.8 Å². The zero-order chi connectivity index (χ0) is 19.4. The quantitative estimate of drug-likeness (QED) is 0.686. The van der Waals surface area contributed by atoms with E-state index in [-0.39, 0.29) is 29.0 Å². The summed E-state index contributed by atoms with van der Waals surface area (Å²) in [4.78, 5) is 24.6. The standard InChI is InChI=1S/C22H28O5/c1-20-9-17(25)19-12(14(20)5-6-22(20,27)18(26)10-23)4-3-11-7-16(24)13-8-15(13)21(11,19)2/h7,12,14,17,19,23,25,27H,3-6,8-10H2,1-2H3/t12-,14-,17?,19+,20-,21+,22-/m0/s1. The van der Waals surface area contributed by atoms with Gasteiger partial charge in [-0.1, -0.05) is 19.4 Å². The molecule has 3 saturated carbocycles. The van der Waals surface area contributed by atoms with E-state index >= 15 is 0 Å². The van der Waals surface area contributed by atoms with Gasteiger partial charge in [-0.15, -0.1) is 0 Å². The van der Waals surface area contributed by atoms with Gasteiger partial charge in [-0.25, -0.2) is 0 Å². The molecule has 0 aromatic carbocycles. The maximum atomic E-state index is 12.4. The van der Waals surface area contributed by atoms with Crippen LogP contribution in [0.3, 0.4) is 0 Å². The van der Waals surface area contributed by atoms with Crippen molar-refractivity contribution in [3.8, 4) is 0 Å². The molecule has 27 heavy (non-hydrogen) atoms. The Hall–Kier alpha value is -1.30. The van der Waals surface area contributed by atoms with Crippen molar-refractivity contribution in [3.05, 3.63) is 22.8 Å². The van der Waals surface area contributed by atoms with Crippen LogP contribution in [0.15, 0.2) is 22.8 Å². The van der Waals surface area contributed by atoms with Crippen LogP contribution < -0.4 is 0 Å². The van der Waals surface area contributed by atoms with E-state index in [9.17, 15) is 24.9 Å². The highest BCUT2D eigenvalue weighted by atomic mass is 16.3. The van der Waals surface area contributed by atoms with Gasteiger partial charge in [0.05, 0.1) is 6.10 Å². The fraction of sp³-hybridized carbons (Fsp3) is 0.727. The minimum atomic E-state index is -1.55. The largest absolute Gasteiger partial charge is 0.393 e. The molecule has 0 aromatic heterocycles. The second-order valence-electron chi connectivity index (χ2n) is 9.87. The maximum Gasteiger partial charge on any atom is 0.190 e. The van der Waals surface area contributed by atoms with E-state index in [1.54, 1.807) is 0 Å². The lowest BCUT2D eigenvalue weighted by Crippen LogP contribution is -2.61. The molecule has 5 aliphatic rings. The number of aliphatic hydroxyl groups excluding tert-OH is 2. The van der Waals surface area contributed by atoms with Crippen LogP contribution >= 0.6 is 0 Å². The molecule has 3 N–H and O–H groups in total. The van der Waals surface area contributed by atoms with Gasteiger partial charge in [-0.3, -0.25) is 9.59 Å². The predicted molar refractivity (Wildman–Crippen MR) is 97.6 cm³/mol. The average molecular weight is 372 g/mol. The van der Waals surface area contributed by atoms with Crippen molar-refractivity contribution >= 4 is 11.6 Å². The summed E-state index contributed by atoms with van der Waals surface area (Å²) in [7, 11) is 0. The highest BCUT2D eigenvalue weighted by Gasteiger charge is 2.69. The van der Waals surface area contributed by atoms with Gasteiger partial charge < -0.3 is 15.3 Å². The molecule has 0 spiro atoms. The van der Waals surface area contributed by atoms with E-state index in [1.807, 2.05) is 13.0 Å². The second-order valence-corrected chi connectivity index (χ2v) is 9.87. The van der Waals surface area contributed by atoms with E-state index < -0.39 is 29.5 Å². The molecular weight excluding hydrogens is 344 g/mol. The first-order chi connectivity index (χ1) is 12.7. The summed E-state index contributed by atoms with van der Waals surface area (Å²) in [5.74, 6) is 0.0166. The molecule has 0 heterocycles. The van der Waals surface area contributed by atoms with Crippen molar-refractivity contribution in [1.82, 2.24) is 0 Å². The molecule has 7 atom stereocenters. The molecule has 0 aromatic rings. The van der Waals surface area contributed by atoms with E-state index in [4.69, 9.17) is 0 Å². The first-order valence-electron chi connectivity index (χ1n) is 10.2. The molecule has 5 heteroatoms. The zero-order valence-corrected chi connectivity index (χ0v) is 16.0. The minimum Gasteiger partial charge on any atom is -0.393 e. The number of rotatable bonds is 2. The summed E-state index contributed by atoms with van der Waals surface area (Å²) in [5, 5.41) is 31.9. The number of carbonyl (C=O) groups excluding carboxylic acids is 2. The molecule has 1 unspecified atom stereocenters. The lowest BCUT2D eigenvalue weighted by atomic mass is 9.46. The van der Waals surface area contributed by atoms with Crippen molar-refractivity contribution in [2.75, 3.05) is 6.61 Å². The Morgan fingerprint density at radius 3 is 2.74 bits per heavy atom. The molecule has 0 aliphatic heterocycles. The van der Waals surface area contributed by atoms with Crippen molar-refractivity contribution < 1.29 is 24.9 Å². The molecule has 5 aliphatic carbocycles. The van der Waals surface area contributed by atoms with Crippen molar-refractivity contribution in [1.29, 1.82) is 0 Å². The van der Waals surface area contributed by atoms with Crippen LogP contribution in [0.25, 0.3) is 0 Å². The first-order valence-corrected chi connectivity index (χ1v) is 10.2. The van der Waals surface area contributed by atoms with E-state index in [1.165, 1.54) is 5.57 Å². The first kappa shape index (κ1) is 17.8.